The molecule has 17 heavy (non-hydrogen) atoms. The van der Waals surface area contributed by atoms with Crippen LogP contribution < -0.4 is 0 Å². The molecule has 0 atom stereocenters. The molecule has 0 saturated carbocycles. The number of aromatic amines is 1. The number of ketones is 1. The molecule has 8 heteroatoms. The van der Waals surface area contributed by atoms with Gasteiger partial charge in [0, 0.05) is 6.20 Å². The van der Waals surface area contributed by atoms with Crippen molar-refractivity contribution in [1.29, 1.82) is 0 Å². The molecule has 0 radical (unpaired) electrons. The lowest BCUT2D eigenvalue weighted by Crippen LogP contribution is -2.19. The van der Waals surface area contributed by atoms with Crippen molar-refractivity contribution in [1.82, 2.24) is 25.2 Å². The monoisotopic (exact) mass is 235 g/mol. The maximum atomic E-state index is 11.5. The number of esters is 1. The molecular formula is C9H9N5O3. The van der Waals surface area contributed by atoms with Crippen LogP contribution in [0.4, 0.5) is 0 Å². The van der Waals surface area contributed by atoms with Crippen LogP contribution in [0.3, 0.4) is 0 Å². The van der Waals surface area contributed by atoms with E-state index in [-0.39, 0.29) is 18.9 Å². The molecule has 2 aromatic heterocycles. The Kier molecular flexibility index (Phi) is 3.24. The minimum absolute atomic E-state index is 0.120. The number of carbonyl (C=O) groups is 2. The molecule has 0 spiro atoms. The molecule has 2 aromatic rings. The van der Waals surface area contributed by atoms with E-state index < -0.39 is 5.97 Å². The second-order valence-corrected chi connectivity index (χ2v) is 3.18. The molecule has 0 aliphatic heterocycles. The van der Waals surface area contributed by atoms with Crippen molar-refractivity contribution < 1.29 is 14.3 Å². The number of ether oxygens (including phenoxy) is 1. The molecular weight excluding hydrogens is 226 g/mol. The van der Waals surface area contributed by atoms with Gasteiger partial charge in [-0.25, -0.2) is 4.68 Å². The Labute approximate surface area is 95.6 Å². The number of aromatic nitrogens is 5. The lowest BCUT2D eigenvalue weighted by atomic mass is 10.3. The van der Waals surface area contributed by atoms with E-state index >= 15 is 0 Å². The SMILES string of the molecule is O=C(Cn1cnnn1)OCC(=O)c1ccc[nH]1. The van der Waals surface area contributed by atoms with Crippen molar-refractivity contribution >= 4 is 11.8 Å². The zero-order valence-corrected chi connectivity index (χ0v) is 8.74. The third-order valence-electron chi connectivity index (χ3n) is 1.95. The topological polar surface area (TPSA) is 103 Å². The number of Topliss-reactive ketones (excluding diaryl/α,β-unsaturated/α-hetero) is 1. The summed E-state index contributed by atoms with van der Waals surface area (Å²) in [5.74, 6) is -0.864. The molecule has 2 rings (SSSR count). The highest BCUT2D eigenvalue weighted by Crippen LogP contribution is 1.97. The van der Waals surface area contributed by atoms with Crippen LogP contribution in [-0.2, 0) is 16.1 Å². The number of carbonyl (C=O) groups excluding carboxylic acids is 2. The van der Waals surface area contributed by atoms with Crippen LogP contribution in [0.2, 0.25) is 0 Å². The van der Waals surface area contributed by atoms with Gasteiger partial charge in [0.05, 0.1) is 5.69 Å². The Hall–Kier alpha value is -2.51. The molecule has 8 nitrogen and oxygen atoms in total. The van der Waals surface area contributed by atoms with E-state index in [9.17, 15) is 9.59 Å². The molecule has 88 valence electrons. The van der Waals surface area contributed by atoms with E-state index in [0.29, 0.717) is 5.69 Å². The molecule has 1 N–H and O–H groups in total. The van der Waals surface area contributed by atoms with E-state index in [2.05, 4.69) is 20.5 Å². The summed E-state index contributed by atoms with van der Waals surface area (Å²) in [5, 5.41) is 10.2. The molecule has 0 unspecified atom stereocenters. The van der Waals surface area contributed by atoms with Gasteiger partial charge in [0.2, 0.25) is 5.78 Å². The number of H-pyrrole nitrogens is 1. The molecule has 0 aliphatic carbocycles. The molecule has 0 bridgehead atoms. The van der Waals surface area contributed by atoms with Crippen LogP contribution in [0.25, 0.3) is 0 Å². The first-order valence-electron chi connectivity index (χ1n) is 4.78. The third kappa shape index (κ3) is 2.97. The molecule has 0 saturated heterocycles. The highest BCUT2D eigenvalue weighted by Gasteiger charge is 2.11. The number of nitrogens with one attached hydrogen (secondary N) is 1. The summed E-state index contributed by atoms with van der Waals surface area (Å²) < 4.78 is 5.99. The number of tetrazole rings is 1. The minimum Gasteiger partial charge on any atom is -0.456 e. The average Bonchev–Trinajstić information content (AvgIpc) is 2.97. The molecule has 0 amide bonds. The molecule has 0 aliphatic rings. The summed E-state index contributed by atoms with van der Waals surface area (Å²) in [6.07, 6.45) is 2.91. The molecule has 0 fully saturated rings. The van der Waals surface area contributed by atoms with Gasteiger partial charge < -0.3 is 9.72 Å². The summed E-state index contributed by atoms with van der Waals surface area (Å²) >= 11 is 0. The normalized spacial score (nSPS) is 10.1. The van der Waals surface area contributed by atoms with Crippen molar-refractivity contribution in [3.05, 3.63) is 30.4 Å². The number of nitrogens with zero attached hydrogens (tertiary/aromatic N) is 4. The fourth-order valence-corrected chi connectivity index (χ4v) is 1.16. The van der Waals surface area contributed by atoms with Crippen LogP contribution >= 0.6 is 0 Å². The fourth-order valence-electron chi connectivity index (χ4n) is 1.16. The Bertz CT molecular complexity index is 491. The van der Waals surface area contributed by atoms with Gasteiger partial charge in [-0.15, -0.1) is 5.10 Å². The summed E-state index contributed by atoms with van der Waals surface area (Å²) in [5.41, 5.74) is 0.403. The van der Waals surface area contributed by atoms with Crippen LogP contribution in [-0.4, -0.2) is 43.6 Å². The Morgan fingerprint density at radius 3 is 3.00 bits per heavy atom. The summed E-state index contributed by atoms with van der Waals surface area (Å²) in [4.78, 5) is 25.5. The Morgan fingerprint density at radius 2 is 2.35 bits per heavy atom. The van der Waals surface area contributed by atoms with Gasteiger partial charge in [-0.05, 0) is 22.6 Å². The van der Waals surface area contributed by atoms with E-state index in [1.807, 2.05) is 0 Å². The van der Waals surface area contributed by atoms with Gasteiger partial charge in [-0.1, -0.05) is 0 Å². The van der Waals surface area contributed by atoms with E-state index in [1.54, 1.807) is 18.3 Å². The zero-order chi connectivity index (χ0) is 12.1. The van der Waals surface area contributed by atoms with Crippen molar-refractivity contribution in [2.24, 2.45) is 0 Å². The van der Waals surface area contributed by atoms with E-state index in [4.69, 9.17) is 4.74 Å². The maximum Gasteiger partial charge on any atom is 0.328 e. The number of rotatable bonds is 5. The van der Waals surface area contributed by atoms with Crippen molar-refractivity contribution in [2.45, 2.75) is 6.54 Å². The molecule has 2 heterocycles. The summed E-state index contributed by atoms with van der Waals surface area (Å²) in [7, 11) is 0. The van der Waals surface area contributed by atoms with Gasteiger partial charge in [0.25, 0.3) is 0 Å². The summed E-state index contributed by atoms with van der Waals surface area (Å²) in [6.45, 7) is -0.424. The quantitative estimate of drug-likeness (QED) is 0.549. The van der Waals surface area contributed by atoms with Crippen LogP contribution in [0, 0.1) is 0 Å². The van der Waals surface area contributed by atoms with Gasteiger partial charge in [0.1, 0.15) is 12.9 Å². The lowest BCUT2D eigenvalue weighted by molar-refractivity contribution is -0.143. The van der Waals surface area contributed by atoms with Gasteiger partial charge in [-0.3, -0.25) is 9.59 Å². The van der Waals surface area contributed by atoms with E-state index in [1.165, 1.54) is 11.0 Å². The predicted octanol–water partition coefficient (Wildman–Crippen LogP) is -0.573. The van der Waals surface area contributed by atoms with Crippen molar-refractivity contribution in [3.8, 4) is 0 Å². The smallest absolute Gasteiger partial charge is 0.328 e. The first-order valence-corrected chi connectivity index (χ1v) is 4.78. The maximum absolute atomic E-state index is 11.5. The summed E-state index contributed by atoms with van der Waals surface area (Å²) in [6, 6.07) is 3.30. The third-order valence-corrected chi connectivity index (χ3v) is 1.95. The van der Waals surface area contributed by atoms with Crippen molar-refractivity contribution in [2.75, 3.05) is 6.61 Å². The Morgan fingerprint density at radius 1 is 1.47 bits per heavy atom. The fraction of sp³-hybridized carbons (Fsp3) is 0.222. The average molecular weight is 235 g/mol. The number of hydrogen-bond donors (Lipinski definition) is 1. The predicted molar refractivity (Wildman–Crippen MR) is 53.9 cm³/mol. The second kappa shape index (κ2) is 5.01. The van der Waals surface area contributed by atoms with Crippen molar-refractivity contribution in [3.63, 3.8) is 0 Å². The highest BCUT2D eigenvalue weighted by molar-refractivity contribution is 5.96. The van der Waals surface area contributed by atoms with Gasteiger partial charge in [0.15, 0.2) is 6.61 Å². The van der Waals surface area contributed by atoms with Crippen LogP contribution in [0.15, 0.2) is 24.7 Å². The number of hydrogen-bond acceptors (Lipinski definition) is 6. The Balaban J connectivity index is 1.79. The van der Waals surface area contributed by atoms with Crippen LogP contribution in [0.5, 0.6) is 0 Å². The second-order valence-electron chi connectivity index (χ2n) is 3.18. The minimum atomic E-state index is -0.572. The largest absolute Gasteiger partial charge is 0.456 e. The zero-order valence-electron chi connectivity index (χ0n) is 8.74. The van der Waals surface area contributed by atoms with Crippen LogP contribution in [0.1, 0.15) is 10.5 Å². The van der Waals surface area contributed by atoms with E-state index in [0.717, 1.165) is 0 Å². The first-order chi connectivity index (χ1) is 8.25. The molecule has 0 aromatic carbocycles. The lowest BCUT2D eigenvalue weighted by Gasteiger charge is -2.02. The standard InChI is InChI=1S/C9H9N5O3/c15-8(7-2-1-3-10-7)5-17-9(16)4-14-6-11-12-13-14/h1-3,6,10H,4-5H2. The highest BCUT2D eigenvalue weighted by atomic mass is 16.5. The first kappa shape index (κ1) is 11.0. The van der Waals surface area contributed by atoms with Gasteiger partial charge >= 0.3 is 5.97 Å². The van der Waals surface area contributed by atoms with Gasteiger partial charge in [-0.2, -0.15) is 0 Å².